The van der Waals surface area contributed by atoms with Gasteiger partial charge in [-0.05, 0) is 42.5 Å². The number of benzene rings is 2. The van der Waals surface area contributed by atoms with E-state index in [1.54, 1.807) is 24.3 Å². The van der Waals surface area contributed by atoms with Crippen LogP contribution in [-0.4, -0.2) is 50.4 Å². The molecule has 8 nitrogen and oxygen atoms in total. The highest BCUT2D eigenvalue weighted by atomic mass is 32.2. The summed E-state index contributed by atoms with van der Waals surface area (Å²) in [5.74, 6) is -0.959. The molecule has 0 saturated heterocycles. The number of allylic oxidation sites excluding steroid dienone is 1. The molecule has 0 radical (unpaired) electrons. The summed E-state index contributed by atoms with van der Waals surface area (Å²) in [6.45, 7) is 4.17. The number of carbonyl (C=O) groups excluding carboxylic acids is 2. The Morgan fingerprint density at radius 1 is 1.16 bits per heavy atom. The van der Waals surface area contributed by atoms with E-state index in [4.69, 9.17) is 4.74 Å². The van der Waals surface area contributed by atoms with E-state index in [2.05, 4.69) is 11.6 Å². The van der Waals surface area contributed by atoms with Gasteiger partial charge in [0.1, 0.15) is 0 Å². The van der Waals surface area contributed by atoms with Crippen LogP contribution in [-0.2, 0) is 21.3 Å². The van der Waals surface area contributed by atoms with Crippen molar-refractivity contribution in [1.82, 2.24) is 8.87 Å². The van der Waals surface area contributed by atoms with E-state index >= 15 is 0 Å². The predicted octanol–water partition coefficient (Wildman–Crippen LogP) is 2.67. The van der Waals surface area contributed by atoms with Gasteiger partial charge in [0, 0.05) is 26.2 Å². The number of esters is 1. The number of ether oxygens (including phenoxy) is 1. The highest BCUT2D eigenvalue weighted by molar-refractivity contribution is 7.89. The third-order valence-corrected chi connectivity index (χ3v) is 7.36. The second-order valence-electron chi connectivity index (χ2n) is 6.69. The Kier molecular flexibility index (Phi) is 6.54. The minimum atomic E-state index is -3.58. The Morgan fingerprint density at radius 2 is 1.81 bits per heavy atom. The maximum atomic E-state index is 12.7. The van der Waals surface area contributed by atoms with Crippen LogP contribution < -0.4 is 4.80 Å². The molecule has 0 unspecified atom stereocenters. The molecule has 3 rings (SSSR count). The van der Waals surface area contributed by atoms with Gasteiger partial charge in [-0.25, -0.2) is 17.5 Å². The van der Waals surface area contributed by atoms with Crippen LogP contribution in [0.3, 0.4) is 0 Å². The van der Waals surface area contributed by atoms with Crippen LogP contribution in [0.5, 0.6) is 0 Å². The summed E-state index contributed by atoms with van der Waals surface area (Å²) in [4.78, 5) is 29.3. The molecule has 0 aliphatic rings. The Bertz CT molecular complexity index is 1330. The number of rotatable bonds is 6. The third-order valence-electron chi connectivity index (χ3n) is 4.49. The average molecular weight is 460 g/mol. The number of nitrogens with zero attached hydrogens (tertiary/aromatic N) is 3. The monoisotopic (exact) mass is 459 g/mol. The molecular formula is C21H21N3O5S2. The number of carbonyl (C=O) groups is 2. The fourth-order valence-corrected chi connectivity index (χ4v) is 4.82. The zero-order valence-corrected chi connectivity index (χ0v) is 18.9. The topological polar surface area (TPSA) is 98.0 Å². The molecular weight excluding hydrogens is 438 g/mol. The zero-order valence-electron chi connectivity index (χ0n) is 17.2. The molecule has 0 aliphatic carbocycles. The van der Waals surface area contributed by atoms with Crippen LogP contribution >= 0.6 is 11.3 Å². The molecule has 1 heterocycles. The fraction of sp³-hybridized carbons (Fsp3) is 0.190. The second-order valence-corrected chi connectivity index (χ2v) is 9.85. The van der Waals surface area contributed by atoms with Crippen LogP contribution in [0.4, 0.5) is 0 Å². The number of fused-ring (bicyclic) bond motifs is 1. The Balaban J connectivity index is 2.04. The Morgan fingerprint density at radius 3 is 2.39 bits per heavy atom. The largest absolute Gasteiger partial charge is 0.465 e. The summed E-state index contributed by atoms with van der Waals surface area (Å²) >= 11 is 1.26. The molecule has 1 aromatic heterocycles. The van der Waals surface area contributed by atoms with Crippen LogP contribution in [0.15, 0.2) is 65.0 Å². The lowest BCUT2D eigenvalue weighted by molar-refractivity contribution is 0.0600. The normalized spacial score (nSPS) is 12.3. The highest BCUT2D eigenvalue weighted by Gasteiger charge is 2.18. The highest BCUT2D eigenvalue weighted by Crippen LogP contribution is 2.20. The fourth-order valence-electron chi connectivity index (χ4n) is 2.84. The molecule has 0 aliphatic heterocycles. The molecule has 0 spiro atoms. The van der Waals surface area contributed by atoms with Crippen molar-refractivity contribution in [3.05, 3.63) is 71.0 Å². The van der Waals surface area contributed by atoms with E-state index < -0.39 is 21.9 Å². The van der Waals surface area contributed by atoms with E-state index in [1.807, 2.05) is 4.57 Å². The minimum absolute atomic E-state index is 0.0907. The number of sulfonamides is 1. The van der Waals surface area contributed by atoms with Gasteiger partial charge in [0.05, 0.1) is 27.8 Å². The standard InChI is InChI=1S/C21H21N3O5S2/c1-5-12-24-17-11-8-15(20(26)29-4)13-18(17)30-21(24)22-19(25)14-6-9-16(10-7-14)31(27,28)23(2)3/h5-11,13H,1,12H2,2-4H3. The van der Waals surface area contributed by atoms with E-state index in [0.717, 1.165) is 14.5 Å². The van der Waals surface area contributed by atoms with Gasteiger partial charge in [0.15, 0.2) is 4.80 Å². The lowest BCUT2D eigenvalue weighted by Gasteiger charge is -2.11. The summed E-state index contributed by atoms with van der Waals surface area (Å²) in [6.07, 6.45) is 1.69. The first-order valence-corrected chi connectivity index (χ1v) is 11.4. The van der Waals surface area contributed by atoms with E-state index in [1.165, 1.54) is 56.8 Å². The van der Waals surface area contributed by atoms with Crippen molar-refractivity contribution in [3.63, 3.8) is 0 Å². The number of hydrogen-bond donors (Lipinski definition) is 0. The average Bonchev–Trinajstić information content (AvgIpc) is 3.09. The minimum Gasteiger partial charge on any atom is -0.465 e. The lowest BCUT2D eigenvalue weighted by atomic mass is 10.2. The van der Waals surface area contributed by atoms with Gasteiger partial charge < -0.3 is 9.30 Å². The van der Waals surface area contributed by atoms with Crippen LogP contribution in [0.25, 0.3) is 10.2 Å². The van der Waals surface area contributed by atoms with Gasteiger partial charge in [0.25, 0.3) is 5.91 Å². The van der Waals surface area contributed by atoms with Crippen molar-refractivity contribution in [2.45, 2.75) is 11.4 Å². The zero-order chi connectivity index (χ0) is 22.8. The van der Waals surface area contributed by atoms with E-state index in [9.17, 15) is 18.0 Å². The van der Waals surface area contributed by atoms with Crippen LogP contribution in [0.2, 0.25) is 0 Å². The molecule has 10 heteroatoms. The summed E-state index contributed by atoms with van der Waals surface area (Å²) < 4.78 is 32.8. The molecule has 162 valence electrons. The van der Waals surface area contributed by atoms with Gasteiger partial charge in [-0.2, -0.15) is 4.99 Å². The predicted molar refractivity (Wildman–Crippen MR) is 119 cm³/mol. The van der Waals surface area contributed by atoms with Gasteiger partial charge in [-0.3, -0.25) is 4.79 Å². The molecule has 1 amide bonds. The SMILES string of the molecule is C=CCn1c(=NC(=O)c2ccc(S(=O)(=O)N(C)C)cc2)sc2cc(C(=O)OC)ccc21. The molecule has 0 atom stereocenters. The summed E-state index contributed by atoms with van der Waals surface area (Å²) in [5, 5.41) is 0. The smallest absolute Gasteiger partial charge is 0.337 e. The molecule has 0 N–H and O–H groups in total. The molecule has 0 fully saturated rings. The van der Waals surface area contributed by atoms with Gasteiger partial charge in [-0.1, -0.05) is 17.4 Å². The van der Waals surface area contributed by atoms with Gasteiger partial charge in [0.2, 0.25) is 10.0 Å². The van der Waals surface area contributed by atoms with E-state index in [0.29, 0.717) is 16.9 Å². The van der Waals surface area contributed by atoms with Crippen molar-refractivity contribution in [3.8, 4) is 0 Å². The van der Waals surface area contributed by atoms with Gasteiger partial charge in [-0.15, -0.1) is 6.58 Å². The lowest BCUT2D eigenvalue weighted by Crippen LogP contribution is -2.22. The van der Waals surface area contributed by atoms with Crippen LogP contribution in [0, 0.1) is 0 Å². The first-order chi connectivity index (χ1) is 14.7. The quantitative estimate of drug-likeness (QED) is 0.417. The number of thiazole rings is 1. The van der Waals surface area contributed by atoms with E-state index in [-0.39, 0.29) is 10.5 Å². The van der Waals surface area contributed by atoms with Gasteiger partial charge >= 0.3 is 5.97 Å². The van der Waals surface area contributed by atoms with Crippen molar-refractivity contribution in [2.75, 3.05) is 21.2 Å². The molecule has 2 aromatic carbocycles. The maximum absolute atomic E-state index is 12.7. The summed E-state index contributed by atoms with van der Waals surface area (Å²) in [5.41, 5.74) is 1.46. The number of hydrogen-bond acceptors (Lipinski definition) is 6. The summed E-state index contributed by atoms with van der Waals surface area (Å²) in [6, 6.07) is 10.7. The maximum Gasteiger partial charge on any atom is 0.337 e. The molecule has 0 saturated carbocycles. The number of aromatic nitrogens is 1. The molecule has 31 heavy (non-hydrogen) atoms. The first-order valence-electron chi connectivity index (χ1n) is 9.13. The number of methoxy groups -OCH3 is 1. The van der Waals surface area contributed by atoms with Crippen molar-refractivity contribution < 1.29 is 22.7 Å². The Labute approximate surface area is 183 Å². The van der Waals surface area contributed by atoms with Crippen molar-refractivity contribution in [1.29, 1.82) is 0 Å². The Hall–Kier alpha value is -3.08. The van der Waals surface area contributed by atoms with Crippen molar-refractivity contribution in [2.24, 2.45) is 4.99 Å². The summed E-state index contributed by atoms with van der Waals surface area (Å²) in [7, 11) is 0.610. The van der Waals surface area contributed by atoms with Crippen molar-refractivity contribution >= 4 is 43.5 Å². The third kappa shape index (κ3) is 4.50. The first kappa shape index (κ1) is 22.6. The molecule has 3 aromatic rings. The second kappa shape index (κ2) is 8.96. The number of amides is 1. The van der Waals surface area contributed by atoms with Crippen LogP contribution in [0.1, 0.15) is 20.7 Å². The molecule has 0 bridgehead atoms.